The van der Waals surface area contributed by atoms with Gasteiger partial charge in [0.05, 0.1) is 0 Å². The summed E-state index contributed by atoms with van der Waals surface area (Å²) in [6.07, 6.45) is 4.97. The maximum absolute atomic E-state index is 12.9. The van der Waals surface area contributed by atoms with Crippen LogP contribution >= 0.6 is 0 Å². The van der Waals surface area contributed by atoms with E-state index in [1.807, 2.05) is 12.1 Å². The molecule has 36 heavy (non-hydrogen) atoms. The lowest BCUT2D eigenvalue weighted by Gasteiger charge is -2.39. The molecule has 0 aromatic heterocycles. The second kappa shape index (κ2) is 10.5. The van der Waals surface area contributed by atoms with E-state index in [-0.39, 0.29) is 18.2 Å². The van der Waals surface area contributed by atoms with Gasteiger partial charge in [-0.1, -0.05) is 6.42 Å². The highest BCUT2D eigenvalue weighted by atomic mass is 16.5. The normalized spacial score (nSPS) is 25.6. The highest BCUT2D eigenvalue weighted by molar-refractivity contribution is 6.05. The summed E-state index contributed by atoms with van der Waals surface area (Å²) in [5.41, 5.74) is 1.42. The van der Waals surface area contributed by atoms with Crippen LogP contribution in [0.4, 0.5) is 4.79 Å². The van der Waals surface area contributed by atoms with Gasteiger partial charge in [0, 0.05) is 44.2 Å². The second-order valence-electron chi connectivity index (χ2n) is 10.4. The average Bonchev–Trinajstić information content (AvgIpc) is 3.19. The molecule has 2 N–H and O–H groups in total. The van der Waals surface area contributed by atoms with Crippen molar-refractivity contribution < 1.29 is 29.0 Å². The van der Waals surface area contributed by atoms with Gasteiger partial charge in [0.25, 0.3) is 5.91 Å². The summed E-state index contributed by atoms with van der Waals surface area (Å²) in [5, 5.41) is 11.5. The minimum Gasteiger partial charge on any atom is -0.492 e. The third-order valence-electron chi connectivity index (χ3n) is 8.06. The number of carbonyl (C=O) groups excluding carboxylic acids is 3. The number of carbonyl (C=O) groups is 4. The van der Waals surface area contributed by atoms with Crippen LogP contribution in [0, 0.1) is 5.92 Å². The Bertz CT molecular complexity index is 1040. The fourth-order valence-corrected chi connectivity index (χ4v) is 5.96. The number of nitrogens with zero attached hydrogens (tertiary/aromatic N) is 3. The maximum Gasteiger partial charge on any atom is 0.407 e. The van der Waals surface area contributed by atoms with Gasteiger partial charge in [-0.25, -0.2) is 4.79 Å². The smallest absolute Gasteiger partial charge is 0.407 e. The summed E-state index contributed by atoms with van der Waals surface area (Å²) < 4.78 is 6.21. The van der Waals surface area contributed by atoms with Crippen LogP contribution in [0.3, 0.4) is 0 Å². The van der Waals surface area contributed by atoms with E-state index in [0.717, 1.165) is 37.9 Å². The third kappa shape index (κ3) is 5.18. The molecule has 0 aliphatic carbocycles. The van der Waals surface area contributed by atoms with E-state index in [9.17, 15) is 24.3 Å². The molecule has 4 heterocycles. The molecular weight excluding hydrogens is 464 g/mol. The Morgan fingerprint density at radius 2 is 1.86 bits per heavy atom. The number of imide groups is 1. The summed E-state index contributed by atoms with van der Waals surface area (Å²) in [4.78, 5) is 53.4. The Hall–Kier alpha value is -3.14. The largest absolute Gasteiger partial charge is 0.492 e. The summed E-state index contributed by atoms with van der Waals surface area (Å²) in [6, 6.07) is 5.18. The molecule has 1 aromatic rings. The molecule has 4 amide bonds. The molecule has 4 aliphatic heterocycles. The van der Waals surface area contributed by atoms with Crippen molar-refractivity contribution in [3.05, 3.63) is 29.3 Å². The van der Waals surface area contributed by atoms with E-state index >= 15 is 0 Å². The lowest BCUT2D eigenvalue weighted by Crippen LogP contribution is -2.52. The van der Waals surface area contributed by atoms with Gasteiger partial charge in [-0.3, -0.25) is 24.6 Å². The average molecular weight is 499 g/mol. The van der Waals surface area contributed by atoms with Crippen molar-refractivity contribution in [3.8, 4) is 5.75 Å². The van der Waals surface area contributed by atoms with E-state index < -0.39 is 18.0 Å². The summed E-state index contributed by atoms with van der Waals surface area (Å²) >= 11 is 0. The minimum absolute atomic E-state index is 0.182. The SMILES string of the molecule is O=C1CCC(N2Cc3cc(OC[C@@H]4CCCCN4CC4CCN(C(=O)O)CC4)ccc3C2=O)C(=O)N1. The Morgan fingerprint density at radius 1 is 1.06 bits per heavy atom. The van der Waals surface area contributed by atoms with Crippen molar-refractivity contribution in [2.24, 2.45) is 5.92 Å². The highest BCUT2D eigenvalue weighted by Crippen LogP contribution is 2.31. The lowest BCUT2D eigenvalue weighted by atomic mass is 9.93. The fourth-order valence-electron chi connectivity index (χ4n) is 5.96. The molecule has 1 aromatic carbocycles. The molecule has 10 heteroatoms. The van der Waals surface area contributed by atoms with Gasteiger partial charge in [-0.05, 0) is 68.3 Å². The van der Waals surface area contributed by atoms with Gasteiger partial charge in [0.15, 0.2) is 0 Å². The molecule has 1 unspecified atom stereocenters. The van der Waals surface area contributed by atoms with Crippen LogP contribution < -0.4 is 10.1 Å². The Labute approximate surface area is 210 Å². The first-order chi connectivity index (χ1) is 17.4. The molecule has 3 saturated heterocycles. The standard InChI is InChI=1S/C26H34N4O6/c31-23-7-6-22(24(32)27-23)30-15-18-13-20(4-5-21(18)25(30)33)36-16-19-3-1-2-10-29(19)14-17-8-11-28(12-9-17)26(34)35/h4-5,13,17,19,22H,1-3,6-12,14-16H2,(H,34,35)(H,27,31,32)/t19-,22?/m0/s1. The summed E-state index contributed by atoms with van der Waals surface area (Å²) in [7, 11) is 0. The summed E-state index contributed by atoms with van der Waals surface area (Å²) in [6.45, 7) is 4.13. The van der Waals surface area contributed by atoms with Crippen molar-refractivity contribution >= 4 is 23.8 Å². The van der Waals surface area contributed by atoms with Gasteiger partial charge in [-0.15, -0.1) is 0 Å². The van der Waals surface area contributed by atoms with E-state index in [2.05, 4.69) is 10.2 Å². The molecule has 5 rings (SSSR count). The molecule has 10 nitrogen and oxygen atoms in total. The Balaban J connectivity index is 1.17. The van der Waals surface area contributed by atoms with E-state index in [4.69, 9.17) is 4.74 Å². The Kier molecular flexibility index (Phi) is 7.13. The molecule has 4 aliphatic rings. The van der Waals surface area contributed by atoms with Crippen LogP contribution in [0.25, 0.3) is 0 Å². The number of carboxylic acid groups (broad SMARTS) is 1. The molecule has 0 saturated carbocycles. The molecule has 3 fully saturated rings. The van der Waals surface area contributed by atoms with Crippen molar-refractivity contribution in [2.75, 3.05) is 32.8 Å². The van der Waals surface area contributed by atoms with Crippen LogP contribution in [-0.4, -0.2) is 88.5 Å². The van der Waals surface area contributed by atoms with Gasteiger partial charge in [0.1, 0.15) is 18.4 Å². The first-order valence-electron chi connectivity index (χ1n) is 13.0. The lowest BCUT2D eigenvalue weighted by molar-refractivity contribution is -0.136. The number of rotatable bonds is 6. The minimum atomic E-state index is -0.825. The van der Waals surface area contributed by atoms with Crippen LogP contribution in [0.15, 0.2) is 18.2 Å². The molecule has 2 atom stereocenters. The zero-order chi connectivity index (χ0) is 25.2. The van der Waals surface area contributed by atoms with Gasteiger partial charge in [0.2, 0.25) is 11.8 Å². The quantitative estimate of drug-likeness (QED) is 0.576. The molecule has 0 bridgehead atoms. The first kappa shape index (κ1) is 24.5. The predicted molar refractivity (Wildman–Crippen MR) is 130 cm³/mol. The molecular formula is C26H34N4O6. The predicted octanol–water partition coefficient (Wildman–Crippen LogP) is 2.07. The second-order valence-corrected chi connectivity index (χ2v) is 10.4. The third-order valence-corrected chi connectivity index (χ3v) is 8.06. The van der Waals surface area contributed by atoms with Crippen molar-refractivity contribution in [2.45, 2.75) is 63.6 Å². The van der Waals surface area contributed by atoms with Crippen LogP contribution in [-0.2, 0) is 16.1 Å². The zero-order valence-electron chi connectivity index (χ0n) is 20.5. The van der Waals surface area contributed by atoms with Crippen LogP contribution in [0.5, 0.6) is 5.75 Å². The van der Waals surface area contributed by atoms with E-state index in [1.54, 1.807) is 11.0 Å². The number of hydrogen-bond acceptors (Lipinski definition) is 6. The number of benzene rings is 1. The van der Waals surface area contributed by atoms with Gasteiger partial charge < -0.3 is 19.6 Å². The number of piperidine rings is 3. The number of nitrogens with one attached hydrogen (secondary N) is 1. The van der Waals surface area contributed by atoms with Gasteiger partial charge in [-0.2, -0.15) is 0 Å². The maximum atomic E-state index is 12.9. The van der Waals surface area contributed by atoms with Crippen molar-refractivity contribution in [3.63, 3.8) is 0 Å². The number of likely N-dealkylation sites (tertiary alicyclic amines) is 2. The van der Waals surface area contributed by atoms with Crippen molar-refractivity contribution in [1.82, 2.24) is 20.0 Å². The topological polar surface area (TPSA) is 119 Å². The van der Waals surface area contributed by atoms with Crippen LogP contribution in [0.2, 0.25) is 0 Å². The van der Waals surface area contributed by atoms with Crippen molar-refractivity contribution in [1.29, 1.82) is 0 Å². The number of hydrogen-bond donors (Lipinski definition) is 2. The van der Waals surface area contributed by atoms with Gasteiger partial charge >= 0.3 is 6.09 Å². The van der Waals surface area contributed by atoms with E-state index in [1.165, 1.54) is 17.7 Å². The molecule has 194 valence electrons. The Morgan fingerprint density at radius 3 is 2.61 bits per heavy atom. The number of ether oxygens (including phenoxy) is 1. The summed E-state index contributed by atoms with van der Waals surface area (Å²) in [5.74, 6) is 0.337. The monoisotopic (exact) mass is 498 g/mol. The zero-order valence-corrected chi connectivity index (χ0v) is 20.5. The number of fused-ring (bicyclic) bond motifs is 1. The molecule has 0 spiro atoms. The first-order valence-corrected chi connectivity index (χ1v) is 13.0. The van der Waals surface area contributed by atoms with Crippen LogP contribution in [0.1, 0.15) is 60.9 Å². The number of amides is 4. The molecule has 0 radical (unpaired) electrons. The highest BCUT2D eigenvalue weighted by Gasteiger charge is 2.39. The fraction of sp³-hybridized carbons (Fsp3) is 0.615. The van der Waals surface area contributed by atoms with E-state index in [0.29, 0.717) is 55.9 Å².